The number of hydrogen-bond donors (Lipinski definition) is 0. The van der Waals surface area contributed by atoms with Crippen LogP contribution < -0.4 is 19.6 Å². The van der Waals surface area contributed by atoms with E-state index in [0.717, 1.165) is 114 Å². The lowest BCUT2D eigenvalue weighted by atomic mass is 10.0. The van der Waals surface area contributed by atoms with Crippen molar-refractivity contribution in [3.8, 4) is 11.1 Å². The van der Waals surface area contributed by atoms with E-state index in [9.17, 15) is 4.79 Å². The number of nitrogens with zero attached hydrogens (tertiary/aromatic N) is 5. The predicted molar refractivity (Wildman–Crippen MR) is 430 cm³/mol. The maximum absolute atomic E-state index is 14.0. The van der Waals surface area contributed by atoms with Crippen LogP contribution in [-0.2, 0) is 62.5 Å². The van der Waals surface area contributed by atoms with Crippen LogP contribution in [0, 0.1) is 0 Å². The molecule has 0 aliphatic heterocycles. The Morgan fingerprint density at radius 2 is 0.545 bits per heavy atom. The summed E-state index contributed by atoms with van der Waals surface area (Å²) in [6.45, 7) is 23.3. The van der Waals surface area contributed by atoms with Crippen molar-refractivity contribution >= 4 is 96.1 Å². The minimum absolute atomic E-state index is 0.396. The van der Waals surface area contributed by atoms with Crippen molar-refractivity contribution in [1.82, 2.24) is 4.57 Å². The molecule has 1 aromatic heterocycles. The molecule has 508 valence electrons. The van der Waals surface area contributed by atoms with Crippen LogP contribution in [0.15, 0.2) is 267 Å². The first kappa shape index (κ1) is 68.6. The summed E-state index contributed by atoms with van der Waals surface area (Å²) in [7, 11) is 0. The smallest absolute Gasteiger partial charge is 0.419 e. The van der Waals surface area contributed by atoms with Crippen molar-refractivity contribution in [3.63, 3.8) is 0 Å². The van der Waals surface area contributed by atoms with Crippen LogP contribution in [-0.4, -0.2) is 16.3 Å². The molecule has 1 heterocycles. The molecule has 13 aromatic rings. The van der Waals surface area contributed by atoms with Crippen molar-refractivity contribution in [2.45, 2.75) is 140 Å². The van der Waals surface area contributed by atoms with Gasteiger partial charge in [-0.05, 0) is 303 Å². The first-order valence-electron chi connectivity index (χ1n) is 36.7. The van der Waals surface area contributed by atoms with Gasteiger partial charge in [0.1, 0.15) is 5.60 Å². The van der Waals surface area contributed by atoms with Crippen LogP contribution >= 0.6 is 0 Å². The zero-order chi connectivity index (χ0) is 70.3. The van der Waals surface area contributed by atoms with Crippen molar-refractivity contribution in [2.24, 2.45) is 0 Å². The third-order valence-corrected chi connectivity index (χ3v) is 20.0. The van der Waals surface area contributed by atoms with E-state index >= 15 is 0 Å². The summed E-state index contributed by atoms with van der Waals surface area (Å²) >= 11 is 0. The molecule has 0 amide bonds. The quantitative estimate of drug-likeness (QED) is 0.0758. The third kappa shape index (κ3) is 14.7. The van der Waals surface area contributed by atoms with Gasteiger partial charge in [-0.3, -0.25) is 0 Å². The number of fused-ring (bicyclic) bond motifs is 6. The van der Waals surface area contributed by atoms with E-state index in [2.05, 4.69) is 342 Å². The molecule has 0 atom stereocenters. The lowest BCUT2D eigenvalue weighted by Crippen LogP contribution is -2.27. The number of benzene rings is 12. The van der Waals surface area contributed by atoms with Gasteiger partial charge in [-0.25, -0.2) is 9.36 Å². The molecule has 0 radical (unpaired) electrons. The number of carbonyl (C=O) groups is 1. The molecule has 0 unspecified atom stereocenters. The first-order chi connectivity index (χ1) is 49.2. The summed E-state index contributed by atoms with van der Waals surface area (Å²) in [4.78, 5) is 23.5. The number of ether oxygens (including phenoxy) is 1. The summed E-state index contributed by atoms with van der Waals surface area (Å²) in [5.41, 5.74) is 30.3. The average Bonchev–Trinajstić information content (AvgIpc) is 1.55. The van der Waals surface area contributed by atoms with E-state index in [1.165, 1.54) is 101 Å². The highest BCUT2D eigenvalue weighted by atomic mass is 16.6. The van der Waals surface area contributed by atoms with Gasteiger partial charge < -0.3 is 24.3 Å². The number of carbonyl (C=O) groups excluding carboxylic acids is 1. The molecule has 0 saturated carbocycles. The maximum Gasteiger partial charge on any atom is 0.419 e. The van der Waals surface area contributed by atoms with Gasteiger partial charge in [0.05, 0.1) is 11.0 Å². The van der Waals surface area contributed by atoms with E-state index in [1.54, 1.807) is 4.57 Å². The Morgan fingerprint density at radius 1 is 0.297 bits per heavy atom. The second-order valence-corrected chi connectivity index (χ2v) is 27.6. The lowest BCUT2D eigenvalue weighted by Gasteiger charge is -2.27. The Kier molecular flexibility index (Phi) is 20.6. The zero-order valence-corrected chi connectivity index (χ0v) is 60.8. The Bertz CT molecular complexity index is 4930. The topological polar surface area (TPSA) is 44.2 Å². The lowest BCUT2D eigenvalue weighted by molar-refractivity contribution is 0.0551. The number of aryl methyl sites for hydroxylation is 8. The molecule has 1 aliphatic rings. The van der Waals surface area contributed by atoms with Crippen molar-refractivity contribution in [1.29, 1.82) is 0 Å². The Hall–Kier alpha value is -10.9. The van der Waals surface area contributed by atoms with Gasteiger partial charge in [-0.2, -0.15) is 0 Å². The summed E-state index contributed by atoms with van der Waals surface area (Å²) in [5.74, 6) is 0. The molecule has 12 aromatic carbocycles. The summed E-state index contributed by atoms with van der Waals surface area (Å²) in [6, 6.07) is 98.2. The van der Waals surface area contributed by atoms with Gasteiger partial charge in [0.25, 0.3) is 0 Å². The number of rotatable bonds is 20. The minimum atomic E-state index is -0.655. The molecule has 1 aliphatic carbocycles. The van der Waals surface area contributed by atoms with Crippen molar-refractivity contribution in [2.75, 3.05) is 19.6 Å². The molecule has 0 spiro atoms. The zero-order valence-electron chi connectivity index (χ0n) is 60.8. The molecule has 7 heteroatoms. The molecule has 0 bridgehead atoms. The standard InChI is InChI=1S/C49H51N3O2.C45H44N2/c1-8-34-15-21-38(22-16-34)50(39-23-17-35(9-2)18-24-39)42-27-29-46-44(32-42)45-33-43(28-30-47(45)52(46)48(53)54-49(5,6)7)51(40-25-19-36(10-3)20-26-40)41-14-12-13-37(11-4)31-41;1-5-32-12-20-38(21-13-32)46(39-22-14-33(6-2)15-23-39)42-26-18-36-29-37-19-27-43(31-45(37)44(36)30-42)47(40-24-16-34(7-3)17-25-40)41-11-9-10-35(8-4)28-41/h12-33H,8-11H2,1-7H3;9-28,30-31H,5-8,29H2,1-4H3. The Morgan fingerprint density at radius 3 is 0.822 bits per heavy atom. The number of aromatic nitrogens is 1. The van der Waals surface area contributed by atoms with E-state index in [1.807, 2.05) is 20.8 Å². The molecule has 101 heavy (non-hydrogen) atoms. The number of hydrogen-bond acceptors (Lipinski definition) is 6. The predicted octanol–water partition coefficient (Wildman–Crippen LogP) is 26.2. The largest absolute Gasteiger partial charge is 0.443 e. The van der Waals surface area contributed by atoms with E-state index < -0.39 is 11.7 Å². The van der Waals surface area contributed by atoms with Gasteiger partial charge in [0, 0.05) is 79.0 Å². The fourth-order valence-electron chi connectivity index (χ4n) is 14.1. The van der Waals surface area contributed by atoms with Gasteiger partial charge in [0.15, 0.2) is 0 Å². The highest BCUT2D eigenvalue weighted by molar-refractivity contribution is 6.15. The van der Waals surface area contributed by atoms with Crippen LogP contribution in [0.5, 0.6) is 0 Å². The van der Waals surface area contributed by atoms with Gasteiger partial charge >= 0.3 is 6.09 Å². The Balaban J connectivity index is 0.000000182. The molecule has 7 nitrogen and oxygen atoms in total. The third-order valence-electron chi connectivity index (χ3n) is 20.0. The monoisotopic (exact) mass is 1330 g/mol. The molecular weight excluding hydrogens is 1230 g/mol. The SMILES string of the molecule is CCc1ccc(N(c2ccc(CC)cc2)c2ccc3c(c2)-c2cc(N(c4ccc(CC)cc4)c4cccc(CC)c4)ccc2C3)cc1.CCc1ccc(N(c2ccc(CC)cc2)c2ccc3c(c2)c2cc(N(c4ccc(CC)cc4)c4cccc(CC)c4)ccc2n3C(=O)OC(C)(C)C)cc1. The first-order valence-corrected chi connectivity index (χ1v) is 36.7. The van der Waals surface area contributed by atoms with E-state index in [0.29, 0.717) is 0 Å². The highest BCUT2D eigenvalue weighted by Crippen LogP contribution is 2.47. The fraction of sp³-hybridized carbons (Fsp3) is 0.223. The normalized spacial score (nSPS) is 11.6. The van der Waals surface area contributed by atoms with E-state index in [-0.39, 0.29) is 0 Å². The second kappa shape index (κ2) is 30.3. The fourth-order valence-corrected chi connectivity index (χ4v) is 14.1. The summed E-state index contributed by atoms with van der Waals surface area (Å²) in [6.07, 6.45) is 8.55. The summed E-state index contributed by atoms with van der Waals surface area (Å²) < 4.78 is 7.76. The highest BCUT2D eigenvalue weighted by Gasteiger charge is 2.27. The molecule has 0 N–H and O–H groups in total. The minimum Gasteiger partial charge on any atom is -0.443 e. The van der Waals surface area contributed by atoms with Crippen LogP contribution in [0.25, 0.3) is 32.9 Å². The second-order valence-electron chi connectivity index (χ2n) is 27.6. The van der Waals surface area contributed by atoms with Crippen LogP contribution in [0.4, 0.5) is 73.0 Å². The number of anilines is 12. The van der Waals surface area contributed by atoms with Gasteiger partial charge in [0.2, 0.25) is 0 Å². The van der Waals surface area contributed by atoms with Gasteiger partial charge in [-0.1, -0.05) is 165 Å². The van der Waals surface area contributed by atoms with Crippen LogP contribution in [0.3, 0.4) is 0 Å². The van der Waals surface area contributed by atoms with Crippen LogP contribution in [0.1, 0.15) is 132 Å². The van der Waals surface area contributed by atoms with Gasteiger partial charge in [-0.15, -0.1) is 0 Å². The van der Waals surface area contributed by atoms with Crippen molar-refractivity contribution in [3.05, 3.63) is 323 Å². The van der Waals surface area contributed by atoms with E-state index in [4.69, 9.17) is 4.74 Å². The molecule has 0 saturated heterocycles. The Labute approximate surface area is 599 Å². The summed E-state index contributed by atoms with van der Waals surface area (Å²) in [5, 5.41) is 1.94. The maximum atomic E-state index is 14.0. The van der Waals surface area contributed by atoms with Crippen LogP contribution in [0.2, 0.25) is 0 Å². The van der Waals surface area contributed by atoms with Crippen molar-refractivity contribution < 1.29 is 9.53 Å². The average molecular weight is 1330 g/mol. The molecule has 0 fully saturated rings. The molecular formula is C94H95N5O2. The molecule has 14 rings (SSSR count).